The zero-order valence-corrected chi connectivity index (χ0v) is 64.8. The van der Waals surface area contributed by atoms with Crippen LogP contribution in [0.4, 0.5) is 0 Å². The third-order valence-corrected chi connectivity index (χ3v) is 20.4. The van der Waals surface area contributed by atoms with E-state index >= 15 is 0 Å². The number of hydrogen-bond donors (Lipinski definition) is 3. The van der Waals surface area contributed by atoms with Crippen LogP contribution >= 0.6 is 15.6 Å². The number of hydrogen-bond acceptors (Lipinski definition) is 15. The third-order valence-electron chi connectivity index (χ3n) is 18.5. The normalized spacial score (nSPS) is 14.7. The van der Waals surface area contributed by atoms with Crippen LogP contribution in [0.2, 0.25) is 0 Å². The van der Waals surface area contributed by atoms with Crippen molar-refractivity contribution in [2.24, 2.45) is 23.7 Å². The average Bonchev–Trinajstić information content (AvgIpc) is 1.19. The number of carbonyl (C=O) groups excluding carboxylic acids is 4. The molecule has 0 aromatic heterocycles. The van der Waals surface area contributed by atoms with Crippen LogP contribution in [0, 0.1) is 23.7 Å². The van der Waals surface area contributed by atoms with Crippen molar-refractivity contribution in [3.05, 3.63) is 0 Å². The summed E-state index contributed by atoms with van der Waals surface area (Å²) < 4.78 is 68.6. The number of ether oxygens (including phenoxy) is 4. The molecule has 0 radical (unpaired) electrons. The lowest BCUT2D eigenvalue weighted by Gasteiger charge is -2.21. The smallest absolute Gasteiger partial charge is 0.462 e. The van der Waals surface area contributed by atoms with Gasteiger partial charge in [-0.05, 0) is 49.4 Å². The van der Waals surface area contributed by atoms with Crippen molar-refractivity contribution in [3.63, 3.8) is 0 Å². The van der Waals surface area contributed by atoms with Crippen LogP contribution in [-0.4, -0.2) is 96.7 Å². The van der Waals surface area contributed by atoms with Crippen LogP contribution in [0.15, 0.2) is 0 Å². The average molecular weight is 1410 g/mol. The van der Waals surface area contributed by atoms with Gasteiger partial charge in [0.15, 0.2) is 12.2 Å². The Kier molecular flexibility index (Phi) is 65.0. The largest absolute Gasteiger partial charge is 0.472 e. The van der Waals surface area contributed by atoms with Crippen molar-refractivity contribution in [1.29, 1.82) is 0 Å². The predicted molar refractivity (Wildman–Crippen MR) is 391 cm³/mol. The summed E-state index contributed by atoms with van der Waals surface area (Å²) in [4.78, 5) is 72.8. The molecule has 0 aliphatic rings. The molecule has 0 rings (SSSR count). The van der Waals surface area contributed by atoms with E-state index in [4.69, 9.17) is 37.0 Å². The van der Waals surface area contributed by atoms with Crippen LogP contribution in [-0.2, 0) is 65.4 Å². The zero-order chi connectivity index (χ0) is 71.0. The molecular weight excluding hydrogens is 1260 g/mol. The summed E-state index contributed by atoms with van der Waals surface area (Å²) >= 11 is 0. The van der Waals surface area contributed by atoms with E-state index in [2.05, 4.69) is 55.4 Å². The molecule has 0 aliphatic carbocycles. The van der Waals surface area contributed by atoms with E-state index in [-0.39, 0.29) is 25.7 Å². The second kappa shape index (κ2) is 66.3. The van der Waals surface area contributed by atoms with E-state index in [1.54, 1.807) is 0 Å². The first kappa shape index (κ1) is 94.1. The van der Waals surface area contributed by atoms with Gasteiger partial charge in [-0.3, -0.25) is 37.3 Å². The highest BCUT2D eigenvalue weighted by Gasteiger charge is 2.30. The summed E-state index contributed by atoms with van der Waals surface area (Å²) in [5, 5.41) is 10.6. The highest BCUT2D eigenvalue weighted by molar-refractivity contribution is 7.47. The number of unbranched alkanes of at least 4 members (excludes halogenated alkanes) is 38. The van der Waals surface area contributed by atoms with Crippen molar-refractivity contribution in [3.8, 4) is 0 Å². The first-order valence-corrected chi connectivity index (χ1v) is 42.8. The van der Waals surface area contributed by atoms with Gasteiger partial charge in [0.2, 0.25) is 0 Å². The number of phosphoric ester groups is 2. The number of aliphatic hydroxyl groups is 1. The Hall–Kier alpha value is -1.94. The standard InChI is InChI=1S/C77H150O17P2/c1-9-69(7)55-47-39-31-27-28-32-41-49-57-74(79)87-63-72(93-76(81)59-51-43-33-25-21-16-14-12-11-13-15-19-23-29-37-45-53-67(3)4)65-91-95(83,84)89-61-71(78)62-90-96(85,86)92-66-73(64-88-75(80)58-50-42-36-35-40-48-56-70(8)10-2)94-77(82)60-52-44-34-26-22-18-17-20-24-30-38-46-54-68(5)6/h67-73,78H,9-66H2,1-8H3,(H,83,84)(H,85,86)/t69?,70?,71-,72-,73-/m1/s1. The Bertz CT molecular complexity index is 1890. The lowest BCUT2D eigenvalue weighted by atomic mass is 9.99. The van der Waals surface area contributed by atoms with Crippen molar-refractivity contribution >= 4 is 39.5 Å². The summed E-state index contributed by atoms with van der Waals surface area (Å²) in [6, 6.07) is 0. The van der Waals surface area contributed by atoms with Crippen LogP contribution < -0.4 is 0 Å². The van der Waals surface area contributed by atoms with Crippen molar-refractivity contribution in [1.82, 2.24) is 0 Å². The molecule has 0 aromatic rings. The quantitative estimate of drug-likeness (QED) is 0.0222. The fraction of sp³-hybridized carbons (Fsp3) is 0.948. The Morgan fingerprint density at radius 1 is 0.292 bits per heavy atom. The number of phosphoric acid groups is 2. The van der Waals surface area contributed by atoms with Crippen LogP contribution in [0.3, 0.4) is 0 Å². The molecule has 570 valence electrons. The molecule has 0 bridgehead atoms. The van der Waals surface area contributed by atoms with Crippen molar-refractivity contribution < 1.29 is 80.2 Å². The summed E-state index contributed by atoms with van der Waals surface area (Å²) in [5.74, 6) is 0.974. The van der Waals surface area contributed by atoms with Crippen LogP contribution in [0.25, 0.3) is 0 Å². The third kappa shape index (κ3) is 67.9. The van der Waals surface area contributed by atoms with E-state index < -0.39 is 97.5 Å². The number of rotatable bonds is 74. The van der Waals surface area contributed by atoms with Crippen molar-refractivity contribution in [2.75, 3.05) is 39.6 Å². The molecule has 17 nitrogen and oxygen atoms in total. The summed E-state index contributed by atoms with van der Waals surface area (Å²) in [6.07, 6.45) is 51.3. The van der Waals surface area contributed by atoms with Crippen LogP contribution in [0.5, 0.6) is 0 Å². The Morgan fingerprint density at radius 3 is 0.740 bits per heavy atom. The van der Waals surface area contributed by atoms with Gasteiger partial charge in [0, 0.05) is 25.7 Å². The Morgan fingerprint density at radius 2 is 0.500 bits per heavy atom. The van der Waals surface area contributed by atoms with Gasteiger partial charge in [-0.15, -0.1) is 0 Å². The van der Waals surface area contributed by atoms with Gasteiger partial charge in [0.1, 0.15) is 19.3 Å². The monoisotopic (exact) mass is 1410 g/mol. The van der Waals surface area contributed by atoms with E-state index in [1.807, 2.05) is 0 Å². The van der Waals surface area contributed by atoms with Gasteiger partial charge < -0.3 is 33.8 Å². The number of carbonyl (C=O) groups is 4. The van der Waals surface area contributed by atoms with Gasteiger partial charge in [-0.1, -0.05) is 338 Å². The van der Waals surface area contributed by atoms with Crippen LogP contribution in [0.1, 0.15) is 389 Å². The molecule has 7 atom stereocenters. The fourth-order valence-electron chi connectivity index (χ4n) is 11.7. The molecule has 19 heteroatoms. The van der Waals surface area contributed by atoms with Gasteiger partial charge in [0.25, 0.3) is 0 Å². The minimum absolute atomic E-state index is 0.106. The lowest BCUT2D eigenvalue weighted by molar-refractivity contribution is -0.161. The maximum Gasteiger partial charge on any atom is 0.472 e. The summed E-state index contributed by atoms with van der Waals surface area (Å²) in [7, 11) is -9.92. The zero-order valence-electron chi connectivity index (χ0n) is 63.0. The minimum atomic E-state index is -4.96. The van der Waals surface area contributed by atoms with E-state index in [9.17, 15) is 43.2 Å². The second-order valence-corrected chi connectivity index (χ2v) is 32.1. The number of esters is 4. The number of aliphatic hydroxyl groups excluding tert-OH is 1. The van der Waals surface area contributed by atoms with Gasteiger partial charge >= 0.3 is 39.5 Å². The Balaban J connectivity index is 5.24. The highest BCUT2D eigenvalue weighted by Crippen LogP contribution is 2.45. The van der Waals surface area contributed by atoms with E-state index in [1.165, 1.54) is 186 Å². The highest BCUT2D eigenvalue weighted by atomic mass is 31.2. The van der Waals surface area contributed by atoms with E-state index in [0.717, 1.165) is 120 Å². The summed E-state index contributed by atoms with van der Waals surface area (Å²) in [6.45, 7) is 14.2. The molecule has 96 heavy (non-hydrogen) atoms. The molecule has 0 heterocycles. The minimum Gasteiger partial charge on any atom is -0.462 e. The SMILES string of the molecule is CCC(C)CCCCCCCCCCC(=O)OC[C@H](COP(=O)(O)OC[C@@H](O)COP(=O)(O)OC[C@@H](COC(=O)CCCCCCCCC(C)CC)OC(=O)CCCCCCCCCCCCCCC(C)C)OC(=O)CCCCCCCCCCCCCCCCCCC(C)C. The van der Waals surface area contributed by atoms with Gasteiger partial charge in [-0.25, -0.2) is 9.13 Å². The van der Waals surface area contributed by atoms with Gasteiger partial charge in [-0.2, -0.15) is 0 Å². The first-order chi connectivity index (χ1) is 46.2. The fourth-order valence-corrected chi connectivity index (χ4v) is 13.2. The molecule has 0 amide bonds. The molecule has 4 unspecified atom stereocenters. The molecule has 0 spiro atoms. The molecule has 0 aromatic carbocycles. The molecule has 3 N–H and O–H groups in total. The lowest BCUT2D eigenvalue weighted by Crippen LogP contribution is -2.30. The molecule has 0 saturated heterocycles. The predicted octanol–water partition coefficient (Wildman–Crippen LogP) is 22.4. The molecule has 0 saturated carbocycles. The second-order valence-electron chi connectivity index (χ2n) is 29.2. The first-order valence-electron chi connectivity index (χ1n) is 39.8. The van der Waals surface area contributed by atoms with Crippen molar-refractivity contribution in [2.45, 2.75) is 408 Å². The maximum atomic E-state index is 13.1. The maximum absolute atomic E-state index is 13.1. The van der Waals surface area contributed by atoms with E-state index in [0.29, 0.717) is 25.7 Å². The summed E-state index contributed by atoms with van der Waals surface area (Å²) in [5.41, 5.74) is 0. The van der Waals surface area contributed by atoms with Gasteiger partial charge in [0.05, 0.1) is 26.4 Å². The molecule has 0 fully saturated rings. The topological polar surface area (TPSA) is 237 Å². The molecule has 0 aliphatic heterocycles. The Labute approximate surface area is 588 Å². The molecular formula is C77H150O17P2.